The average Bonchev–Trinajstić information content (AvgIpc) is 2.90. The summed E-state index contributed by atoms with van der Waals surface area (Å²) in [5, 5.41) is 22.8. The normalized spacial score (nSPS) is 18.0. The Hall–Kier alpha value is -4.45. The van der Waals surface area contributed by atoms with E-state index in [1.54, 1.807) is 20.2 Å². The second-order valence-corrected chi connectivity index (χ2v) is 8.43. The average molecular weight is 492 g/mol. The lowest BCUT2D eigenvalue weighted by atomic mass is 9.81. The molecule has 1 fully saturated rings. The van der Waals surface area contributed by atoms with Crippen LogP contribution in [0.1, 0.15) is 42.6 Å². The summed E-state index contributed by atoms with van der Waals surface area (Å²) in [5.41, 5.74) is 1.62. The molecule has 4 rings (SSSR count). The topological polar surface area (TPSA) is 133 Å². The second-order valence-electron chi connectivity index (χ2n) is 8.43. The molecule has 0 saturated heterocycles. The predicted octanol–water partition coefficient (Wildman–Crippen LogP) is 3.11. The van der Waals surface area contributed by atoms with Gasteiger partial charge in [0.2, 0.25) is 0 Å². The van der Waals surface area contributed by atoms with Crippen molar-refractivity contribution in [2.45, 2.75) is 38.3 Å². The number of pyridine rings is 2. The van der Waals surface area contributed by atoms with Crippen molar-refractivity contribution in [3.05, 3.63) is 58.0 Å². The highest BCUT2D eigenvalue weighted by Gasteiger charge is 2.31. The van der Waals surface area contributed by atoms with E-state index in [-0.39, 0.29) is 23.2 Å². The summed E-state index contributed by atoms with van der Waals surface area (Å²) in [5.74, 6) is -0.191. The molecule has 1 aliphatic rings. The van der Waals surface area contributed by atoms with Crippen molar-refractivity contribution in [2.24, 2.45) is 18.1 Å². The number of nitriles is 2. The molecule has 0 radical (unpaired) electrons. The van der Waals surface area contributed by atoms with Crippen LogP contribution in [0.25, 0.3) is 11.0 Å². The highest BCUT2D eigenvalue weighted by atomic mass is 19.3. The smallest absolute Gasteiger partial charge is 0.369 e. The number of nitrogens with zero attached hydrogens (tertiary/aromatic N) is 8. The minimum Gasteiger partial charge on any atom is -0.369 e. The Balaban J connectivity index is 1.65. The fourth-order valence-electron chi connectivity index (χ4n) is 4.68. The van der Waals surface area contributed by atoms with Gasteiger partial charge in [0, 0.05) is 38.4 Å². The van der Waals surface area contributed by atoms with Gasteiger partial charge >= 0.3 is 6.61 Å². The first-order valence-electron chi connectivity index (χ1n) is 11.2. The van der Waals surface area contributed by atoms with Crippen LogP contribution in [-0.4, -0.2) is 44.9 Å². The summed E-state index contributed by atoms with van der Waals surface area (Å²) in [4.78, 5) is 31.6. The molecule has 10 nitrogen and oxygen atoms in total. The molecule has 0 amide bonds. The first kappa shape index (κ1) is 24.7. The summed E-state index contributed by atoms with van der Waals surface area (Å²) < 4.78 is 26.7. The van der Waals surface area contributed by atoms with E-state index in [2.05, 4.69) is 24.9 Å². The highest BCUT2D eigenvalue weighted by molar-refractivity contribution is 6.00. The number of halogens is 2. The summed E-state index contributed by atoms with van der Waals surface area (Å²) >= 11 is 0. The maximum absolute atomic E-state index is 12.9. The zero-order valence-corrected chi connectivity index (χ0v) is 19.6. The maximum atomic E-state index is 12.9. The van der Waals surface area contributed by atoms with E-state index in [0.717, 1.165) is 0 Å². The van der Waals surface area contributed by atoms with Crippen LogP contribution in [0.5, 0.6) is 0 Å². The number of rotatable bonds is 6. The Morgan fingerprint density at radius 2 is 1.97 bits per heavy atom. The number of oxime groups is 1. The van der Waals surface area contributed by atoms with E-state index in [9.17, 15) is 24.1 Å². The Labute approximate surface area is 205 Å². The van der Waals surface area contributed by atoms with Crippen LogP contribution in [0.3, 0.4) is 0 Å². The van der Waals surface area contributed by atoms with Gasteiger partial charge in [0.05, 0.1) is 17.4 Å². The molecule has 0 atom stereocenters. The van der Waals surface area contributed by atoms with Gasteiger partial charge in [0.1, 0.15) is 40.3 Å². The minimum absolute atomic E-state index is 0.0515. The van der Waals surface area contributed by atoms with Crippen LogP contribution < -0.4 is 10.5 Å². The predicted molar refractivity (Wildman–Crippen MR) is 126 cm³/mol. The first-order valence-corrected chi connectivity index (χ1v) is 11.2. The number of anilines is 1. The molecule has 36 heavy (non-hydrogen) atoms. The van der Waals surface area contributed by atoms with E-state index in [1.165, 1.54) is 29.2 Å². The summed E-state index contributed by atoms with van der Waals surface area (Å²) in [6, 6.07) is 7.11. The molecular formula is C24H22F2N8O2. The third-order valence-electron chi connectivity index (χ3n) is 6.48. The number of aromatic nitrogens is 4. The van der Waals surface area contributed by atoms with Gasteiger partial charge in [-0.05, 0) is 37.8 Å². The molecule has 3 heterocycles. The third-order valence-corrected chi connectivity index (χ3v) is 6.48. The van der Waals surface area contributed by atoms with Gasteiger partial charge in [0.15, 0.2) is 0 Å². The van der Waals surface area contributed by atoms with Crippen LogP contribution in [0.4, 0.5) is 14.5 Å². The van der Waals surface area contributed by atoms with Crippen LogP contribution in [0.2, 0.25) is 0 Å². The lowest BCUT2D eigenvalue weighted by molar-refractivity contribution is -0.128. The van der Waals surface area contributed by atoms with Gasteiger partial charge in [-0.2, -0.15) is 19.3 Å². The number of aryl methyl sites for hydroxylation is 1. The van der Waals surface area contributed by atoms with Crippen molar-refractivity contribution in [3.63, 3.8) is 0 Å². The van der Waals surface area contributed by atoms with Crippen LogP contribution in [-0.2, 0) is 11.9 Å². The van der Waals surface area contributed by atoms with E-state index in [1.807, 2.05) is 17.0 Å². The van der Waals surface area contributed by atoms with Crippen molar-refractivity contribution in [2.75, 3.05) is 11.9 Å². The molecule has 0 aromatic carbocycles. The van der Waals surface area contributed by atoms with Crippen molar-refractivity contribution >= 4 is 22.4 Å². The van der Waals surface area contributed by atoms with Gasteiger partial charge in [-0.3, -0.25) is 14.8 Å². The van der Waals surface area contributed by atoms with Crippen molar-refractivity contribution in [3.8, 4) is 12.1 Å². The summed E-state index contributed by atoms with van der Waals surface area (Å²) in [7, 11) is 3.35. The molecule has 12 heteroatoms. The first-order chi connectivity index (χ1) is 17.3. The van der Waals surface area contributed by atoms with Gasteiger partial charge in [-0.25, -0.2) is 4.98 Å². The van der Waals surface area contributed by atoms with Crippen molar-refractivity contribution in [1.29, 1.82) is 10.5 Å². The van der Waals surface area contributed by atoms with Crippen LogP contribution in [0.15, 0.2) is 40.7 Å². The zero-order valence-electron chi connectivity index (χ0n) is 19.6. The second kappa shape index (κ2) is 10.4. The standard InChI is InChI=1S/C24H22F2N8O2/c1-33(22-17(12-28)23(35)34(2)19-8-5-15(11-27)31-21(19)22)16-6-3-14(4-7-16)20(32-36-24(25)26)18-13-29-9-10-30-18/h5,8-10,13-14,16,24H,3-4,6-7H2,1-2H3/b32-20+. The molecule has 3 aromatic heterocycles. The quantitative estimate of drug-likeness (QED) is 0.379. The highest BCUT2D eigenvalue weighted by Crippen LogP contribution is 2.35. The van der Waals surface area contributed by atoms with E-state index in [0.29, 0.717) is 53.8 Å². The number of alkyl halides is 2. The largest absolute Gasteiger partial charge is 0.407 e. The van der Waals surface area contributed by atoms with E-state index >= 15 is 0 Å². The van der Waals surface area contributed by atoms with E-state index in [4.69, 9.17) is 0 Å². The molecule has 184 valence electrons. The molecule has 1 aliphatic carbocycles. The maximum Gasteiger partial charge on any atom is 0.407 e. The zero-order chi connectivity index (χ0) is 25.8. The summed E-state index contributed by atoms with van der Waals surface area (Å²) in [6.07, 6.45) is 6.79. The third kappa shape index (κ3) is 4.70. The lowest BCUT2D eigenvalue weighted by Gasteiger charge is -2.36. The van der Waals surface area contributed by atoms with Crippen LogP contribution >= 0.6 is 0 Å². The van der Waals surface area contributed by atoms with Crippen molar-refractivity contribution < 1.29 is 13.6 Å². The Morgan fingerprint density at radius 3 is 2.58 bits per heavy atom. The monoisotopic (exact) mass is 492 g/mol. The Kier molecular flexibility index (Phi) is 7.15. The van der Waals surface area contributed by atoms with Gasteiger partial charge in [-0.15, -0.1) is 0 Å². The molecule has 0 spiro atoms. The number of hydrogen-bond acceptors (Lipinski definition) is 9. The van der Waals surface area contributed by atoms with Gasteiger partial charge in [-0.1, -0.05) is 5.16 Å². The Morgan fingerprint density at radius 1 is 1.22 bits per heavy atom. The number of fused-ring (bicyclic) bond motifs is 1. The minimum atomic E-state index is -3.05. The Bertz CT molecular complexity index is 1430. The summed E-state index contributed by atoms with van der Waals surface area (Å²) in [6.45, 7) is -3.05. The fourth-order valence-corrected chi connectivity index (χ4v) is 4.68. The fraction of sp³-hybridized carbons (Fsp3) is 0.375. The molecule has 0 aliphatic heterocycles. The van der Waals surface area contributed by atoms with Gasteiger partial charge in [0.25, 0.3) is 5.56 Å². The molecule has 0 unspecified atom stereocenters. The SMILES string of the molecule is CN(c1c(C#N)c(=O)n(C)c2ccc(C#N)nc12)C1CCC(/C(=N\OC(F)F)c2cnccn2)CC1. The van der Waals surface area contributed by atoms with Gasteiger partial charge < -0.3 is 14.3 Å². The van der Waals surface area contributed by atoms with Crippen molar-refractivity contribution in [1.82, 2.24) is 19.5 Å². The number of hydrogen-bond donors (Lipinski definition) is 0. The van der Waals surface area contributed by atoms with Crippen LogP contribution in [0, 0.1) is 28.6 Å². The lowest BCUT2D eigenvalue weighted by Crippen LogP contribution is -2.39. The molecule has 0 bridgehead atoms. The molecule has 3 aromatic rings. The van der Waals surface area contributed by atoms with E-state index < -0.39 is 12.2 Å². The molecule has 0 N–H and O–H groups in total. The molecular weight excluding hydrogens is 470 g/mol. The molecule has 1 saturated carbocycles.